The van der Waals surface area contributed by atoms with Gasteiger partial charge in [-0.15, -0.1) is 22.7 Å². The summed E-state index contributed by atoms with van der Waals surface area (Å²) in [5.41, 5.74) is 3.17. The first-order chi connectivity index (χ1) is 10.9. The highest BCUT2D eigenvalue weighted by Gasteiger charge is 2.08. The zero-order chi connectivity index (χ0) is 14.5. The fourth-order valence-corrected chi connectivity index (χ4v) is 4.24. The first kappa shape index (κ1) is 12.1. The number of nitrogens with zero attached hydrogens (tertiary/aromatic N) is 2. The smallest absolute Gasteiger partial charge is 0.163 e. The number of benzene rings is 1. The molecule has 0 aliphatic carbocycles. The van der Waals surface area contributed by atoms with Crippen molar-refractivity contribution in [1.82, 2.24) is 9.97 Å². The third-order valence-electron chi connectivity index (χ3n) is 3.34. The van der Waals surface area contributed by atoms with Crippen LogP contribution in [0, 0.1) is 0 Å². The van der Waals surface area contributed by atoms with E-state index in [9.17, 15) is 0 Å². The van der Waals surface area contributed by atoms with E-state index >= 15 is 0 Å². The van der Waals surface area contributed by atoms with Crippen LogP contribution in [0.4, 0.5) is 0 Å². The molecule has 106 valence electrons. The number of pyridine rings is 2. The van der Waals surface area contributed by atoms with Gasteiger partial charge in [0.05, 0.1) is 9.40 Å². The van der Waals surface area contributed by atoms with E-state index in [-0.39, 0.29) is 0 Å². The summed E-state index contributed by atoms with van der Waals surface area (Å²) in [4.78, 5) is 10.5. The van der Waals surface area contributed by atoms with Crippen LogP contribution in [-0.2, 0) is 0 Å². The Bertz CT molecular complexity index is 1010. The van der Waals surface area contributed by atoms with Gasteiger partial charge in [0.15, 0.2) is 20.8 Å². The third-order valence-corrected chi connectivity index (χ3v) is 5.41. The quantitative estimate of drug-likeness (QED) is 0.352. The van der Waals surface area contributed by atoms with Crippen LogP contribution in [0.15, 0.2) is 57.6 Å². The largest absolute Gasteiger partial charge is 0.453 e. The van der Waals surface area contributed by atoms with Crippen molar-refractivity contribution < 1.29 is 8.83 Å². The summed E-state index contributed by atoms with van der Waals surface area (Å²) in [6, 6.07) is 11.6. The monoisotopic (exact) mass is 324 g/mol. The molecular weight excluding hydrogens is 316 g/mol. The van der Waals surface area contributed by atoms with Gasteiger partial charge < -0.3 is 8.83 Å². The minimum absolute atomic E-state index is 0.783. The highest BCUT2D eigenvalue weighted by Crippen LogP contribution is 2.34. The fraction of sp³-hybridized carbons (Fsp3) is 0. The number of hydrogen-bond acceptors (Lipinski definition) is 6. The van der Waals surface area contributed by atoms with Crippen LogP contribution in [0.2, 0.25) is 0 Å². The molecule has 5 rings (SSSR count). The van der Waals surface area contributed by atoms with E-state index < -0.39 is 0 Å². The van der Waals surface area contributed by atoms with Crippen molar-refractivity contribution in [1.29, 1.82) is 0 Å². The second-order valence-electron chi connectivity index (χ2n) is 4.77. The Hall–Kier alpha value is -2.44. The van der Waals surface area contributed by atoms with Crippen molar-refractivity contribution in [2.24, 2.45) is 0 Å². The predicted molar refractivity (Wildman–Crippen MR) is 90.0 cm³/mol. The van der Waals surface area contributed by atoms with Gasteiger partial charge in [-0.1, -0.05) is 0 Å². The molecule has 0 radical (unpaired) electrons. The second kappa shape index (κ2) is 4.53. The van der Waals surface area contributed by atoms with E-state index in [2.05, 4.69) is 16.0 Å². The van der Waals surface area contributed by atoms with Gasteiger partial charge in [0, 0.05) is 18.5 Å². The summed E-state index contributed by atoms with van der Waals surface area (Å²) < 4.78 is 14.0. The van der Waals surface area contributed by atoms with Crippen LogP contribution in [0.25, 0.3) is 41.4 Å². The molecular formula is C16H8N2O2S2. The molecule has 0 saturated heterocycles. The standard InChI is InChI=1S/C16H8N2O2S2/c1-3-9-15(17-5-1)21-13-8-14-12(7-11(13)19-9)20-10-4-2-6-18-16(10)22-14/h1-8H. The molecule has 0 spiro atoms. The molecule has 4 heterocycles. The average molecular weight is 324 g/mol. The van der Waals surface area contributed by atoms with Crippen LogP contribution in [0.1, 0.15) is 0 Å². The predicted octanol–water partition coefficient (Wildman–Crippen LogP) is 5.52. The van der Waals surface area contributed by atoms with Crippen LogP contribution < -0.4 is 0 Å². The molecule has 0 unspecified atom stereocenters. The van der Waals surface area contributed by atoms with Crippen LogP contribution in [0.5, 0.6) is 0 Å². The number of aromatic nitrogens is 2. The normalized spacial score (nSPS) is 11.6. The molecule has 4 aromatic heterocycles. The highest BCUT2D eigenvalue weighted by molar-refractivity contribution is 7.26. The van der Waals surface area contributed by atoms with E-state index in [0.717, 1.165) is 41.4 Å². The van der Waals surface area contributed by atoms with Gasteiger partial charge in [0.25, 0.3) is 0 Å². The molecule has 0 fully saturated rings. The summed E-state index contributed by atoms with van der Waals surface area (Å²) in [7, 11) is 0. The van der Waals surface area contributed by atoms with Crippen LogP contribution >= 0.6 is 22.7 Å². The lowest BCUT2D eigenvalue weighted by Gasteiger charge is -2.03. The number of fused-ring (bicyclic) bond motifs is 4. The molecule has 5 aromatic rings. The highest BCUT2D eigenvalue weighted by atomic mass is 32.1. The zero-order valence-corrected chi connectivity index (χ0v) is 12.8. The molecule has 0 atom stereocenters. The van der Waals surface area contributed by atoms with Gasteiger partial charge in [0.1, 0.15) is 11.2 Å². The summed E-state index contributed by atoms with van der Waals surface area (Å²) in [6.45, 7) is 0. The Morgan fingerprint density at radius 1 is 0.682 bits per heavy atom. The maximum absolute atomic E-state index is 5.94. The van der Waals surface area contributed by atoms with Gasteiger partial charge in [-0.05, 0) is 30.3 Å². The molecule has 0 aliphatic rings. The fourth-order valence-electron chi connectivity index (χ4n) is 2.35. The topological polar surface area (TPSA) is 52.1 Å². The molecule has 0 amide bonds. The van der Waals surface area contributed by atoms with Gasteiger partial charge in [-0.2, -0.15) is 0 Å². The van der Waals surface area contributed by atoms with Gasteiger partial charge in [-0.3, -0.25) is 0 Å². The minimum atomic E-state index is 0.783. The molecule has 4 nitrogen and oxygen atoms in total. The zero-order valence-electron chi connectivity index (χ0n) is 11.1. The molecule has 0 saturated carbocycles. The maximum atomic E-state index is 5.94. The lowest BCUT2D eigenvalue weighted by atomic mass is 10.3. The van der Waals surface area contributed by atoms with Crippen molar-refractivity contribution >= 4 is 64.1 Å². The van der Waals surface area contributed by atoms with Crippen molar-refractivity contribution in [3.63, 3.8) is 0 Å². The van der Waals surface area contributed by atoms with Gasteiger partial charge in [-0.25, -0.2) is 9.97 Å². The number of rotatable bonds is 0. The molecule has 0 N–H and O–H groups in total. The van der Waals surface area contributed by atoms with E-state index in [1.165, 1.54) is 0 Å². The summed E-state index contributed by atoms with van der Waals surface area (Å²) in [5, 5.41) is 0. The van der Waals surface area contributed by atoms with E-state index in [1.807, 2.05) is 30.3 Å². The molecule has 22 heavy (non-hydrogen) atoms. The molecule has 6 heteroatoms. The van der Waals surface area contributed by atoms with E-state index in [4.69, 9.17) is 8.83 Å². The Kier molecular flexibility index (Phi) is 2.50. The SMILES string of the molecule is c1cnc2sc3cc4sc5ncccc5oc4cc3oc2c1. The second-order valence-corrected chi connectivity index (χ2v) is 6.83. The van der Waals surface area contributed by atoms with Crippen LogP contribution in [-0.4, -0.2) is 9.97 Å². The van der Waals surface area contributed by atoms with Crippen molar-refractivity contribution in [2.75, 3.05) is 0 Å². The summed E-state index contributed by atoms with van der Waals surface area (Å²) >= 11 is 3.22. The van der Waals surface area contributed by atoms with E-state index in [1.54, 1.807) is 35.1 Å². The van der Waals surface area contributed by atoms with Crippen molar-refractivity contribution in [2.45, 2.75) is 0 Å². The Labute approximate surface area is 132 Å². The van der Waals surface area contributed by atoms with Gasteiger partial charge >= 0.3 is 0 Å². The molecule has 1 aromatic carbocycles. The summed E-state index contributed by atoms with van der Waals surface area (Å²) in [6.07, 6.45) is 3.55. The van der Waals surface area contributed by atoms with E-state index in [0.29, 0.717) is 0 Å². The van der Waals surface area contributed by atoms with Gasteiger partial charge in [0.2, 0.25) is 0 Å². The third kappa shape index (κ3) is 1.81. The Balaban J connectivity index is 1.93. The number of hydrogen-bond donors (Lipinski definition) is 0. The lowest BCUT2D eigenvalue weighted by molar-refractivity contribution is 0.648. The van der Waals surface area contributed by atoms with Crippen LogP contribution in [0.3, 0.4) is 0 Å². The molecule has 0 bridgehead atoms. The average Bonchev–Trinajstić information content (AvgIpc) is 2.56. The maximum Gasteiger partial charge on any atom is 0.163 e. The molecule has 0 aliphatic heterocycles. The van der Waals surface area contributed by atoms with Crippen molar-refractivity contribution in [3.8, 4) is 0 Å². The first-order valence-electron chi connectivity index (χ1n) is 6.66. The minimum Gasteiger partial charge on any atom is -0.453 e. The van der Waals surface area contributed by atoms with Crippen molar-refractivity contribution in [3.05, 3.63) is 48.8 Å². The Morgan fingerprint density at radius 2 is 1.23 bits per heavy atom. The first-order valence-corrected chi connectivity index (χ1v) is 8.29. The Morgan fingerprint density at radius 3 is 1.77 bits per heavy atom. The summed E-state index contributed by atoms with van der Waals surface area (Å²) in [5.74, 6) is 0. The lowest BCUT2D eigenvalue weighted by Crippen LogP contribution is -1.79.